The number of hydrogen-bond donors (Lipinski definition) is 1. The zero-order valence-corrected chi connectivity index (χ0v) is 23.0. The van der Waals surface area contributed by atoms with Crippen molar-refractivity contribution in [2.45, 2.75) is 39.8 Å². The van der Waals surface area contributed by atoms with E-state index in [2.05, 4.69) is 29.5 Å². The van der Waals surface area contributed by atoms with Gasteiger partial charge in [0.25, 0.3) is 0 Å². The average molecular weight is 530 g/mol. The molecule has 1 aromatic heterocycles. The minimum Gasteiger partial charge on any atom is -0.493 e. The Bertz CT molecular complexity index is 1430. The molecule has 4 aromatic rings. The van der Waals surface area contributed by atoms with Crippen molar-refractivity contribution in [2.75, 3.05) is 25.7 Å². The maximum absolute atomic E-state index is 14.2. The molecular formula is C30H35N5O4. The molecule has 0 aliphatic carbocycles. The predicted molar refractivity (Wildman–Crippen MR) is 151 cm³/mol. The molecule has 0 fully saturated rings. The number of nitrogens with one attached hydrogen (secondary N) is 1. The van der Waals surface area contributed by atoms with Gasteiger partial charge in [0, 0.05) is 17.8 Å². The molecule has 0 unspecified atom stereocenters. The standard InChI is InChI=1S/C30H35N5O4/c1-20(2)17-18-31-30(37)28(23-9-8-12-26(38-4)29(23)39-5)35(22-15-13-21(3)14-16-22)27(36)19-34-25-11-7-6-10-24(25)32-33-34/h6-16,20,28H,17-19H2,1-5H3,(H,31,37)/t28-/m1/s1. The van der Waals surface area contributed by atoms with Crippen molar-refractivity contribution >= 4 is 28.5 Å². The van der Waals surface area contributed by atoms with Gasteiger partial charge in [0.1, 0.15) is 18.1 Å². The Morgan fingerprint density at radius 3 is 2.41 bits per heavy atom. The smallest absolute Gasteiger partial charge is 0.249 e. The van der Waals surface area contributed by atoms with E-state index in [0.29, 0.717) is 40.7 Å². The van der Waals surface area contributed by atoms with Crippen LogP contribution in [0, 0.1) is 12.8 Å². The number of amides is 2. The van der Waals surface area contributed by atoms with Gasteiger partial charge in [0.15, 0.2) is 11.5 Å². The summed E-state index contributed by atoms with van der Waals surface area (Å²) in [5.41, 5.74) is 3.53. The van der Waals surface area contributed by atoms with Crippen LogP contribution in [-0.2, 0) is 16.1 Å². The number of ether oxygens (including phenoxy) is 2. The number of para-hydroxylation sites is 2. The first-order valence-corrected chi connectivity index (χ1v) is 13.0. The molecule has 9 nitrogen and oxygen atoms in total. The molecule has 0 aliphatic rings. The fourth-order valence-corrected chi connectivity index (χ4v) is 4.49. The summed E-state index contributed by atoms with van der Waals surface area (Å²) >= 11 is 0. The van der Waals surface area contributed by atoms with Gasteiger partial charge in [-0.2, -0.15) is 0 Å². The third-order valence-electron chi connectivity index (χ3n) is 6.54. The number of methoxy groups -OCH3 is 2. The van der Waals surface area contributed by atoms with E-state index in [4.69, 9.17) is 9.47 Å². The number of carbonyl (C=O) groups is 2. The summed E-state index contributed by atoms with van der Waals surface area (Å²) in [6, 6.07) is 19.2. The monoisotopic (exact) mass is 529 g/mol. The number of hydrogen-bond acceptors (Lipinski definition) is 6. The number of aryl methyl sites for hydroxylation is 1. The first-order valence-electron chi connectivity index (χ1n) is 13.0. The van der Waals surface area contributed by atoms with Gasteiger partial charge in [0.05, 0.1) is 19.7 Å². The Morgan fingerprint density at radius 2 is 1.72 bits per heavy atom. The largest absolute Gasteiger partial charge is 0.493 e. The Balaban J connectivity index is 1.84. The first-order chi connectivity index (χ1) is 18.8. The fourth-order valence-electron chi connectivity index (χ4n) is 4.49. The number of aromatic nitrogens is 3. The Labute approximate surface area is 228 Å². The van der Waals surface area contributed by atoms with Crippen molar-refractivity contribution in [3.05, 3.63) is 77.9 Å². The summed E-state index contributed by atoms with van der Waals surface area (Å²) in [6.07, 6.45) is 0.803. The summed E-state index contributed by atoms with van der Waals surface area (Å²) in [4.78, 5) is 29.6. The van der Waals surface area contributed by atoms with Crippen LogP contribution in [0.15, 0.2) is 66.7 Å². The Kier molecular flexibility index (Phi) is 8.81. The van der Waals surface area contributed by atoms with Crippen LogP contribution in [0.25, 0.3) is 11.0 Å². The molecule has 0 saturated carbocycles. The average Bonchev–Trinajstić information content (AvgIpc) is 3.34. The second-order valence-corrected chi connectivity index (χ2v) is 9.79. The molecule has 0 saturated heterocycles. The lowest BCUT2D eigenvalue weighted by molar-refractivity contribution is -0.127. The molecule has 0 radical (unpaired) electrons. The SMILES string of the molecule is COc1cccc([C@H](C(=O)NCCC(C)C)N(C(=O)Cn2nnc3ccccc32)c2ccc(C)cc2)c1OC. The lowest BCUT2D eigenvalue weighted by atomic mass is 10.0. The summed E-state index contributed by atoms with van der Waals surface area (Å²) < 4.78 is 12.8. The van der Waals surface area contributed by atoms with Crippen molar-refractivity contribution in [1.82, 2.24) is 20.3 Å². The van der Waals surface area contributed by atoms with Crippen molar-refractivity contribution in [1.29, 1.82) is 0 Å². The van der Waals surface area contributed by atoms with Crippen molar-refractivity contribution in [2.24, 2.45) is 5.92 Å². The maximum atomic E-state index is 14.2. The van der Waals surface area contributed by atoms with Gasteiger partial charge in [-0.25, -0.2) is 4.68 Å². The normalized spacial score (nSPS) is 11.8. The van der Waals surface area contributed by atoms with E-state index in [9.17, 15) is 9.59 Å². The van der Waals surface area contributed by atoms with Gasteiger partial charge >= 0.3 is 0 Å². The van der Waals surface area contributed by atoms with Crippen molar-refractivity contribution in [3.8, 4) is 11.5 Å². The summed E-state index contributed by atoms with van der Waals surface area (Å²) in [6.45, 7) is 6.52. The number of anilines is 1. The van der Waals surface area contributed by atoms with Crippen LogP contribution in [0.5, 0.6) is 11.5 Å². The quantitative estimate of drug-likeness (QED) is 0.303. The Morgan fingerprint density at radius 1 is 0.974 bits per heavy atom. The molecule has 204 valence electrons. The topological polar surface area (TPSA) is 98.6 Å². The second kappa shape index (κ2) is 12.4. The van der Waals surface area contributed by atoms with E-state index >= 15 is 0 Å². The molecule has 0 spiro atoms. The zero-order chi connectivity index (χ0) is 27.9. The van der Waals surface area contributed by atoms with Crippen LogP contribution in [0.4, 0.5) is 5.69 Å². The molecule has 1 heterocycles. The molecular weight excluding hydrogens is 494 g/mol. The van der Waals surface area contributed by atoms with Gasteiger partial charge in [-0.3, -0.25) is 14.5 Å². The van der Waals surface area contributed by atoms with Crippen LogP contribution in [0.2, 0.25) is 0 Å². The maximum Gasteiger partial charge on any atom is 0.249 e. The number of fused-ring (bicyclic) bond motifs is 1. The van der Waals surface area contributed by atoms with Crippen molar-refractivity contribution < 1.29 is 19.1 Å². The van der Waals surface area contributed by atoms with Gasteiger partial charge in [-0.05, 0) is 49.6 Å². The van der Waals surface area contributed by atoms with Gasteiger partial charge in [-0.1, -0.05) is 61.0 Å². The van der Waals surface area contributed by atoms with E-state index in [1.54, 1.807) is 22.9 Å². The zero-order valence-electron chi connectivity index (χ0n) is 23.0. The van der Waals surface area contributed by atoms with Crippen LogP contribution in [-0.4, -0.2) is 47.6 Å². The van der Waals surface area contributed by atoms with Gasteiger partial charge in [0.2, 0.25) is 11.8 Å². The number of benzene rings is 3. The van der Waals surface area contributed by atoms with E-state index in [1.807, 2.05) is 55.5 Å². The highest BCUT2D eigenvalue weighted by Crippen LogP contribution is 2.39. The minimum absolute atomic E-state index is 0.115. The first kappa shape index (κ1) is 27.6. The van der Waals surface area contributed by atoms with E-state index in [0.717, 1.165) is 17.5 Å². The third-order valence-corrected chi connectivity index (χ3v) is 6.54. The molecule has 0 aliphatic heterocycles. The fraction of sp³-hybridized carbons (Fsp3) is 0.333. The third kappa shape index (κ3) is 6.19. The highest BCUT2D eigenvalue weighted by Gasteiger charge is 2.36. The highest BCUT2D eigenvalue weighted by molar-refractivity contribution is 6.02. The van der Waals surface area contributed by atoms with E-state index < -0.39 is 6.04 Å². The van der Waals surface area contributed by atoms with Crippen LogP contribution < -0.4 is 19.7 Å². The van der Waals surface area contributed by atoms with Gasteiger partial charge < -0.3 is 14.8 Å². The highest BCUT2D eigenvalue weighted by atomic mass is 16.5. The summed E-state index contributed by atoms with van der Waals surface area (Å²) in [5.74, 6) is 0.613. The minimum atomic E-state index is -1.03. The number of rotatable bonds is 11. The molecule has 9 heteroatoms. The number of carbonyl (C=O) groups excluding carboxylic acids is 2. The van der Waals surface area contributed by atoms with Crippen molar-refractivity contribution in [3.63, 3.8) is 0 Å². The number of nitrogens with zero attached hydrogens (tertiary/aromatic N) is 4. The van der Waals surface area contributed by atoms with Crippen LogP contribution >= 0.6 is 0 Å². The molecule has 39 heavy (non-hydrogen) atoms. The van der Waals surface area contributed by atoms with Gasteiger partial charge in [-0.15, -0.1) is 5.10 Å². The molecule has 3 aromatic carbocycles. The molecule has 1 N–H and O–H groups in total. The summed E-state index contributed by atoms with van der Waals surface area (Å²) in [7, 11) is 3.06. The lowest BCUT2D eigenvalue weighted by Gasteiger charge is -2.32. The van der Waals surface area contributed by atoms with Crippen LogP contribution in [0.3, 0.4) is 0 Å². The lowest BCUT2D eigenvalue weighted by Crippen LogP contribution is -2.45. The van der Waals surface area contributed by atoms with E-state index in [1.165, 1.54) is 19.1 Å². The predicted octanol–water partition coefficient (Wildman–Crippen LogP) is 4.69. The second-order valence-electron chi connectivity index (χ2n) is 9.79. The molecule has 4 rings (SSSR count). The van der Waals surface area contributed by atoms with E-state index in [-0.39, 0.29) is 18.4 Å². The Hall–Kier alpha value is -4.40. The summed E-state index contributed by atoms with van der Waals surface area (Å²) in [5, 5.41) is 11.4. The molecule has 1 atom stereocenters. The molecule has 2 amide bonds. The van der Waals surface area contributed by atoms with Crippen LogP contribution in [0.1, 0.15) is 37.4 Å². The molecule has 0 bridgehead atoms.